The van der Waals surface area contributed by atoms with Gasteiger partial charge in [0.25, 0.3) is 0 Å². The van der Waals surface area contributed by atoms with E-state index in [2.05, 4.69) is 36.3 Å². The molecule has 0 bridgehead atoms. The summed E-state index contributed by atoms with van der Waals surface area (Å²) in [5.41, 5.74) is 3.24. The fraction of sp³-hybridized carbons (Fsp3) is 0.417. The lowest BCUT2D eigenvalue weighted by Gasteiger charge is -2.16. The molecular formula is C12H16BrN5. The summed E-state index contributed by atoms with van der Waals surface area (Å²) in [5, 5.41) is 7.69. The molecule has 0 saturated heterocycles. The SMILES string of the molecule is CNC(Cc1c(Br)c(C)nn1C)c1cncnc1. The monoisotopic (exact) mass is 309 g/mol. The Balaban J connectivity index is 2.26. The first-order valence-electron chi connectivity index (χ1n) is 5.73. The third-order valence-electron chi connectivity index (χ3n) is 2.99. The summed E-state index contributed by atoms with van der Waals surface area (Å²) in [7, 11) is 3.90. The molecule has 0 aliphatic rings. The maximum Gasteiger partial charge on any atom is 0.115 e. The largest absolute Gasteiger partial charge is 0.313 e. The van der Waals surface area contributed by atoms with Crippen molar-refractivity contribution in [2.24, 2.45) is 7.05 Å². The predicted octanol–water partition coefficient (Wildman–Crippen LogP) is 1.78. The normalized spacial score (nSPS) is 12.7. The first-order chi connectivity index (χ1) is 8.63. The van der Waals surface area contributed by atoms with E-state index in [0.29, 0.717) is 0 Å². The lowest BCUT2D eigenvalue weighted by Crippen LogP contribution is -2.20. The van der Waals surface area contributed by atoms with Gasteiger partial charge in [0.1, 0.15) is 6.33 Å². The molecule has 2 heterocycles. The quantitative estimate of drug-likeness (QED) is 0.935. The van der Waals surface area contributed by atoms with Gasteiger partial charge in [-0.2, -0.15) is 5.10 Å². The Labute approximate surface area is 115 Å². The third-order valence-corrected chi connectivity index (χ3v) is 4.02. The second-order valence-electron chi connectivity index (χ2n) is 4.19. The van der Waals surface area contributed by atoms with Gasteiger partial charge >= 0.3 is 0 Å². The van der Waals surface area contributed by atoms with Crippen LogP contribution < -0.4 is 5.32 Å². The Morgan fingerprint density at radius 3 is 2.56 bits per heavy atom. The minimum Gasteiger partial charge on any atom is -0.313 e. The zero-order chi connectivity index (χ0) is 13.1. The molecule has 0 aliphatic heterocycles. The summed E-state index contributed by atoms with van der Waals surface area (Å²) < 4.78 is 2.98. The molecule has 2 aromatic rings. The topological polar surface area (TPSA) is 55.6 Å². The maximum absolute atomic E-state index is 4.40. The van der Waals surface area contributed by atoms with E-state index in [1.807, 2.05) is 38.1 Å². The molecule has 96 valence electrons. The van der Waals surface area contributed by atoms with Crippen molar-refractivity contribution in [3.05, 3.63) is 40.1 Å². The summed E-state index contributed by atoms with van der Waals surface area (Å²) in [6.45, 7) is 1.99. The van der Waals surface area contributed by atoms with Gasteiger partial charge in [0, 0.05) is 37.5 Å². The van der Waals surface area contributed by atoms with Gasteiger partial charge in [-0.25, -0.2) is 9.97 Å². The molecule has 0 aliphatic carbocycles. The molecular weight excluding hydrogens is 294 g/mol. The van der Waals surface area contributed by atoms with Crippen LogP contribution in [0.15, 0.2) is 23.2 Å². The van der Waals surface area contributed by atoms with E-state index >= 15 is 0 Å². The van der Waals surface area contributed by atoms with Crippen LogP contribution in [0.3, 0.4) is 0 Å². The van der Waals surface area contributed by atoms with Crippen molar-refractivity contribution in [1.82, 2.24) is 25.1 Å². The first-order valence-corrected chi connectivity index (χ1v) is 6.53. The smallest absolute Gasteiger partial charge is 0.115 e. The van der Waals surface area contributed by atoms with Crippen molar-refractivity contribution in [1.29, 1.82) is 0 Å². The molecule has 2 aromatic heterocycles. The van der Waals surface area contributed by atoms with E-state index < -0.39 is 0 Å². The minimum atomic E-state index is 0.178. The molecule has 0 spiro atoms. The highest BCUT2D eigenvalue weighted by molar-refractivity contribution is 9.10. The summed E-state index contributed by atoms with van der Waals surface area (Å²) >= 11 is 3.59. The zero-order valence-corrected chi connectivity index (χ0v) is 12.3. The zero-order valence-electron chi connectivity index (χ0n) is 10.7. The Morgan fingerprint density at radius 2 is 2.06 bits per heavy atom. The van der Waals surface area contributed by atoms with E-state index in [4.69, 9.17) is 0 Å². The van der Waals surface area contributed by atoms with Crippen LogP contribution in [0.25, 0.3) is 0 Å². The molecule has 0 fully saturated rings. The number of hydrogen-bond acceptors (Lipinski definition) is 4. The fourth-order valence-electron chi connectivity index (χ4n) is 1.97. The van der Waals surface area contributed by atoms with E-state index in [-0.39, 0.29) is 6.04 Å². The Kier molecular flexibility index (Phi) is 4.08. The molecule has 5 nitrogen and oxygen atoms in total. The minimum absolute atomic E-state index is 0.178. The van der Waals surface area contributed by atoms with Gasteiger partial charge in [-0.05, 0) is 29.9 Å². The highest BCUT2D eigenvalue weighted by Gasteiger charge is 2.17. The number of nitrogens with one attached hydrogen (secondary N) is 1. The molecule has 2 rings (SSSR count). The standard InChI is InChI=1S/C12H16BrN5/c1-8-12(13)11(18(3)17-8)4-10(14-2)9-5-15-7-16-6-9/h5-7,10,14H,4H2,1-3H3. The summed E-state index contributed by atoms with van der Waals surface area (Å²) in [6.07, 6.45) is 6.05. The number of halogens is 1. The second kappa shape index (κ2) is 5.58. The molecule has 6 heteroatoms. The summed E-state index contributed by atoms with van der Waals surface area (Å²) in [5.74, 6) is 0. The lowest BCUT2D eigenvalue weighted by molar-refractivity contribution is 0.556. The highest BCUT2D eigenvalue weighted by Crippen LogP contribution is 2.25. The molecule has 0 amide bonds. The average molecular weight is 310 g/mol. The van der Waals surface area contributed by atoms with Crippen LogP contribution in [0.5, 0.6) is 0 Å². The van der Waals surface area contributed by atoms with Gasteiger partial charge in [0.15, 0.2) is 0 Å². The highest BCUT2D eigenvalue weighted by atomic mass is 79.9. The van der Waals surface area contributed by atoms with Crippen molar-refractivity contribution >= 4 is 15.9 Å². The fourth-order valence-corrected chi connectivity index (χ4v) is 2.47. The van der Waals surface area contributed by atoms with Crippen LogP contribution >= 0.6 is 15.9 Å². The van der Waals surface area contributed by atoms with Gasteiger partial charge in [0.05, 0.1) is 15.9 Å². The molecule has 1 N–H and O–H groups in total. The van der Waals surface area contributed by atoms with Gasteiger partial charge in [-0.15, -0.1) is 0 Å². The van der Waals surface area contributed by atoms with Crippen LogP contribution in [0.4, 0.5) is 0 Å². The Hall–Kier alpha value is -1.27. The molecule has 1 atom stereocenters. The van der Waals surface area contributed by atoms with Gasteiger partial charge in [-0.3, -0.25) is 4.68 Å². The van der Waals surface area contributed by atoms with Crippen molar-refractivity contribution in [2.75, 3.05) is 7.05 Å². The third kappa shape index (κ3) is 2.59. The maximum atomic E-state index is 4.40. The number of aryl methyl sites for hydroxylation is 2. The van der Waals surface area contributed by atoms with Gasteiger partial charge in [0.2, 0.25) is 0 Å². The molecule has 0 aromatic carbocycles. The lowest BCUT2D eigenvalue weighted by atomic mass is 10.1. The number of nitrogens with zero attached hydrogens (tertiary/aromatic N) is 4. The van der Waals surface area contributed by atoms with Crippen LogP contribution in [0, 0.1) is 6.92 Å². The van der Waals surface area contributed by atoms with Crippen molar-refractivity contribution < 1.29 is 0 Å². The van der Waals surface area contributed by atoms with E-state index in [1.54, 1.807) is 6.33 Å². The van der Waals surface area contributed by atoms with Gasteiger partial charge < -0.3 is 5.32 Å². The number of hydrogen-bond donors (Lipinski definition) is 1. The van der Waals surface area contributed by atoms with E-state index in [9.17, 15) is 0 Å². The first kappa shape index (κ1) is 13.2. The van der Waals surface area contributed by atoms with Crippen molar-refractivity contribution in [3.8, 4) is 0 Å². The Bertz CT molecular complexity index is 523. The average Bonchev–Trinajstić information content (AvgIpc) is 2.62. The number of rotatable bonds is 4. The second-order valence-corrected chi connectivity index (χ2v) is 4.98. The molecule has 18 heavy (non-hydrogen) atoms. The van der Waals surface area contributed by atoms with Gasteiger partial charge in [-0.1, -0.05) is 0 Å². The summed E-state index contributed by atoms with van der Waals surface area (Å²) in [6, 6.07) is 0.178. The Morgan fingerprint density at radius 1 is 1.39 bits per heavy atom. The van der Waals surface area contributed by atoms with Crippen molar-refractivity contribution in [2.45, 2.75) is 19.4 Å². The van der Waals surface area contributed by atoms with Crippen LogP contribution in [0.1, 0.15) is 23.0 Å². The van der Waals surface area contributed by atoms with Crippen LogP contribution in [-0.2, 0) is 13.5 Å². The van der Waals surface area contributed by atoms with E-state index in [0.717, 1.165) is 27.8 Å². The predicted molar refractivity (Wildman–Crippen MR) is 73.2 cm³/mol. The number of aromatic nitrogens is 4. The molecule has 1 unspecified atom stereocenters. The van der Waals surface area contributed by atoms with E-state index in [1.165, 1.54) is 0 Å². The van der Waals surface area contributed by atoms with Crippen molar-refractivity contribution in [3.63, 3.8) is 0 Å². The van der Waals surface area contributed by atoms with Crippen LogP contribution in [-0.4, -0.2) is 26.8 Å². The molecule has 0 saturated carbocycles. The molecule has 0 radical (unpaired) electrons. The van der Waals surface area contributed by atoms with Crippen LogP contribution in [0.2, 0.25) is 0 Å². The summed E-state index contributed by atoms with van der Waals surface area (Å²) in [4.78, 5) is 8.12. The number of likely N-dealkylation sites (N-methyl/N-ethyl adjacent to an activating group) is 1.